The molecule has 6 heteroatoms. The maximum Gasteiger partial charge on any atom is 0.256 e. The lowest BCUT2D eigenvalue weighted by atomic mass is 10.1. The van der Waals surface area contributed by atoms with Crippen molar-refractivity contribution in [2.75, 3.05) is 39.5 Å². The van der Waals surface area contributed by atoms with Gasteiger partial charge in [-0.3, -0.25) is 9.59 Å². The number of likely N-dealkylation sites (N-methyl/N-ethyl adjacent to an activating group) is 1. The van der Waals surface area contributed by atoms with E-state index in [9.17, 15) is 9.59 Å². The van der Waals surface area contributed by atoms with Crippen LogP contribution in [0.4, 0.5) is 5.69 Å². The third-order valence-corrected chi connectivity index (χ3v) is 3.67. The Bertz CT molecular complexity index is 539. The zero-order valence-electron chi connectivity index (χ0n) is 12.5. The van der Waals surface area contributed by atoms with Gasteiger partial charge in [0.1, 0.15) is 5.75 Å². The van der Waals surface area contributed by atoms with Crippen LogP contribution in [-0.4, -0.2) is 55.4 Å². The van der Waals surface area contributed by atoms with Crippen LogP contribution >= 0.6 is 0 Å². The number of hydrogen-bond donors (Lipinski definition) is 1. The molecule has 1 aromatic carbocycles. The number of anilines is 1. The third-order valence-electron chi connectivity index (χ3n) is 3.67. The van der Waals surface area contributed by atoms with Gasteiger partial charge >= 0.3 is 0 Å². The van der Waals surface area contributed by atoms with E-state index in [0.29, 0.717) is 17.0 Å². The molecule has 2 N–H and O–H groups in total. The predicted molar refractivity (Wildman–Crippen MR) is 80.2 cm³/mol. The first-order valence-corrected chi connectivity index (χ1v) is 6.99. The molecule has 0 bridgehead atoms. The fourth-order valence-electron chi connectivity index (χ4n) is 2.39. The van der Waals surface area contributed by atoms with Crippen molar-refractivity contribution in [2.45, 2.75) is 12.8 Å². The SMILES string of the molecule is COc1ccc(N)c(C(=O)N(C)CC(=O)N2CCCC2)c1. The number of rotatable bonds is 4. The van der Waals surface area contributed by atoms with E-state index in [1.54, 1.807) is 30.1 Å². The molecule has 1 aromatic rings. The van der Waals surface area contributed by atoms with E-state index in [0.717, 1.165) is 25.9 Å². The van der Waals surface area contributed by atoms with Gasteiger partial charge in [0, 0.05) is 25.8 Å². The summed E-state index contributed by atoms with van der Waals surface area (Å²) in [5.41, 5.74) is 6.57. The van der Waals surface area contributed by atoms with Crippen LogP contribution in [0.2, 0.25) is 0 Å². The Labute approximate surface area is 124 Å². The van der Waals surface area contributed by atoms with Gasteiger partial charge in [0.15, 0.2) is 0 Å². The number of likely N-dealkylation sites (tertiary alicyclic amines) is 1. The van der Waals surface area contributed by atoms with Crippen LogP contribution < -0.4 is 10.5 Å². The quantitative estimate of drug-likeness (QED) is 0.839. The second-order valence-corrected chi connectivity index (χ2v) is 5.20. The molecule has 0 aliphatic carbocycles. The fourth-order valence-corrected chi connectivity index (χ4v) is 2.39. The Morgan fingerprint density at radius 2 is 2.00 bits per heavy atom. The molecule has 0 unspecified atom stereocenters. The van der Waals surface area contributed by atoms with Crippen LogP contribution in [0.15, 0.2) is 18.2 Å². The molecule has 6 nitrogen and oxygen atoms in total. The van der Waals surface area contributed by atoms with E-state index in [1.807, 2.05) is 0 Å². The number of carbonyl (C=O) groups is 2. The van der Waals surface area contributed by atoms with E-state index in [4.69, 9.17) is 10.5 Å². The molecule has 1 aliphatic rings. The van der Waals surface area contributed by atoms with Gasteiger partial charge in [-0.25, -0.2) is 0 Å². The van der Waals surface area contributed by atoms with Gasteiger partial charge in [0.2, 0.25) is 5.91 Å². The minimum atomic E-state index is -0.279. The first-order chi connectivity index (χ1) is 10.0. The molecule has 2 rings (SSSR count). The minimum Gasteiger partial charge on any atom is -0.497 e. The van der Waals surface area contributed by atoms with Gasteiger partial charge in [0.05, 0.1) is 19.2 Å². The zero-order valence-corrected chi connectivity index (χ0v) is 12.5. The van der Waals surface area contributed by atoms with Crippen molar-refractivity contribution < 1.29 is 14.3 Å². The zero-order chi connectivity index (χ0) is 15.4. The Balaban J connectivity index is 2.06. The second kappa shape index (κ2) is 6.47. The topological polar surface area (TPSA) is 75.9 Å². The smallest absolute Gasteiger partial charge is 0.256 e. The molecule has 1 saturated heterocycles. The summed E-state index contributed by atoms with van der Waals surface area (Å²) in [6.07, 6.45) is 2.07. The number of nitrogens with zero attached hydrogens (tertiary/aromatic N) is 2. The van der Waals surface area contributed by atoms with E-state index >= 15 is 0 Å². The highest BCUT2D eigenvalue weighted by molar-refractivity contribution is 6.00. The lowest BCUT2D eigenvalue weighted by molar-refractivity contribution is -0.130. The van der Waals surface area contributed by atoms with Crippen LogP contribution in [0.1, 0.15) is 23.2 Å². The van der Waals surface area contributed by atoms with Crippen molar-refractivity contribution in [1.82, 2.24) is 9.80 Å². The highest BCUT2D eigenvalue weighted by Gasteiger charge is 2.22. The summed E-state index contributed by atoms with van der Waals surface area (Å²) in [4.78, 5) is 27.7. The fraction of sp³-hybridized carbons (Fsp3) is 0.467. The van der Waals surface area contributed by atoms with E-state index in [2.05, 4.69) is 0 Å². The Morgan fingerprint density at radius 1 is 1.33 bits per heavy atom. The van der Waals surface area contributed by atoms with Crippen LogP contribution in [0.25, 0.3) is 0 Å². The van der Waals surface area contributed by atoms with E-state index in [1.165, 1.54) is 12.0 Å². The van der Waals surface area contributed by atoms with Crippen LogP contribution in [0, 0.1) is 0 Å². The van der Waals surface area contributed by atoms with E-state index < -0.39 is 0 Å². The minimum absolute atomic E-state index is 0.0233. The van der Waals surface area contributed by atoms with Crippen LogP contribution in [-0.2, 0) is 4.79 Å². The normalized spacial score (nSPS) is 14.1. The molecule has 2 amide bonds. The summed E-state index contributed by atoms with van der Waals surface area (Å²) in [6.45, 7) is 1.62. The van der Waals surface area contributed by atoms with Gasteiger partial charge in [-0.15, -0.1) is 0 Å². The molecule has 0 aromatic heterocycles. The van der Waals surface area contributed by atoms with Gasteiger partial charge in [-0.05, 0) is 31.0 Å². The van der Waals surface area contributed by atoms with Crippen LogP contribution in [0.5, 0.6) is 5.75 Å². The average molecular weight is 291 g/mol. The molecule has 1 aliphatic heterocycles. The Hall–Kier alpha value is -2.24. The third kappa shape index (κ3) is 3.45. The van der Waals surface area contributed by atoms with Crippen molar-refractivity contribution in [3.63, 3.8) is 0 Å². The molecule has 21 heavy (non-hydrogen) atoms. The van der Waals surface area contributed by atoms with Crippen molar-refractivity contribution in [3.05, 3.63) is 23.8 Å². The summed E-state index contributed by atoms with van der Waals surface area (Å²) in [7, 11) is 3.13. The van der Waals surface area contributed by atoms with Gasteiger partial charge in [-0.1, -0.05) is 0 Å². The summed E-state index contributed by atoms with van der Waals surface area (Å²) in [5.74, 6) is 0.260. The van der Waals surface area contributed by atoms with Crippen LogP contribution in [0.3, 0.4) is 0 Å². The molecular weight excluding hydrogens is 270 g/mol. The standard InChI is InChI=1S/C15H21N3O3/c1-17(10-14(19)18-7-3-4-8-18)15(20)12-9-11(21-2)5-6-13(12)16/h5-6,9H,3-4,7-8,10,16H2,1-2H3. The van der Waals surface area contributed by atoms with Gasteiger partial charge in [0.25, 0.3) is 5.91 Å². The first-order valence-electron chi connectivity index (χ1n) is 6.99. The number of hydrogen-bond acceptors (Lipinski definition) is 4. The van der Waals surface area contributed by atoms with Gasteiger partial charge in [-0.2, -0.15) is 0 Å². The molecule has 0 saturated carbocycles. The number of nitrogen functional groups attached to an aromatic ring is 1. The number of amides is 2. The highest BCUT2D eigenvalue weighted by atomic mass is 16.5. The average Bonchev–Trinajstić information content (AvgIpc) is 3.01. The monoisotopic (exact) mass is 291 g/mol. The molecule has 0 atom stereocenters. The first kappa shape index (κ1) is 15.2. The van der Waals surface area contributed by atoms with Crippen molar-refractivity contribution in [2.24, 2.45) is 0 Å². The van der Waals surface area contributed by atoms with Gasteiger partial charge < -0.3 is 20.3 Å². The van der Waals surface area contributed by atoms with Crippen molar-refractivity contribution >= 4 is 17.5 Å². The summed E-state index contributed by atoms with van der Waals surface area (Å²) < 4.78 is 5.10. The van der Waals surface area contributed by atoms with Crippen molar-refractivity contribution in [1.29, 1.82) is 0 Å². The Kier molecular flexibility index (Phi) is 4.67. The molecule has 1 fully saturated rings. The molecule has 1 heterocycles. The lowest BCUT2D eigenvalue weighted by Gasteiger charge is -2.22. The molecular formula is C15H21N3O3. The maximum absolute atomic E-state index is 12.4. The number of methoxy groups -OCH3 is 1. The lowest BCUT2D eigenvalue weighted by Crippen LogP contribution is -2.40. The number of carbonyl (C=O) groups excluding carboxylic acids is 2. The molecule has 0 radical (unpaired) electrons. The van der Waals surface area contributed by atoms with E-state index in [-0.39, 0.29) is 18.4 Å². The number of benzene rings is 1. The molecule has 114 valence electrons. The number of ether oxygens (including phenoxy) is 1. The largest absolute Gasteiger partial charge is 0.497 e. The summed E-state index contributed by atoms with van der Waals surface area (Å²) >= 11 is 0. The predicted octanol–water partition coefficient (Wildman–Crippen LogP) is 0.972. The summed E-state index contributed by atoms with van der Waals surface area (Å²) in [6, 6.07) is 4.91. The Morgan fingerprint density at radius 3 is 2.62 bits per heavy atom. The second-order valence-electron chi connectivity index (χ2n) is 5.20. The molecule has 0 spiro atoms. The van der Waals surface area contributed by atoms with Crippen molar-refractivity contribution in [3.8, 4) is 5.75 Å². The summed E-state index contributed by atoms with van der Waals surface area (Å²) in [5, 5.41) is 0. The highest BCUT2D eigenvalue weighted by Crippen LogP contribution is 2.21. The number of nitrogens with two attached hydrogens (primary N) is 1. The maximum atomic E-state index is 12.4.